The minimum atomic E-state index is -0.833. The van der Waals surface area contributed by atoms with Crippen LogP contribution in [0.25, 0.3) is 22.3 Å². The van der Waals surface area contributed by atoms with Gasteiger partial charge >= 0.3 is 36.1 Å². The van der Waals surface area contributed by atoms with Gasteiger partial charge in [0, 0.05) is 54.9 Å². The van der Waals surface area contributed by atoms with Crippen molar-refractivity contribution < 1.29 is 86.3 Å². The van der Waals surface area contributed by atoms with Crippen molar-refractivity contribution in [3.05, 3.63) is 263 Å². The number of carbonyl (C=O) groups excluding carboxylic acids is 10. The number of hydrogen-bond donors (Lipinski definition) is 11. The summed E-state index contributed by atoms with van der Waals surface area (Å²) in [5.41, 5.74) is 46.6. The first-order chi connectivity index (χ1) is 58.5. The number of carbonyl (C=O) groups is 11. The second-order valence-electron chi connectivity index (χ2n) is 23.3. The summed E-state index contributed by atoms with van der Waals surface area (Å²) in [4.78, 5) is 126. The maximum Gasteiger partial charge on any atom is 0.407 e. The highest BCUT2D eigenvalue weighted by Gasteiger charge is 2.30. The molecule has 18 N–H and O–H groups in total. The van der Waals surface area contributed by atoms with Gasteiger partial charge in [-0.3, -0.25) is 43.2 Å². The smallest absolute Gasteiger partial charge is 0.407 e. The Morgan fingerprint density at radius 2 is 0.615 bits per heavy atom. The van der Waals surface area contributed by atoms with Gasteiger partial charge in [-0.15, -0.1) is 17.8 Å². The van der Waals surface area contributed by atoms with Gasteiger partial charge in [-0.1, -0.05) is 210 Å². The summed E-state index contributed by atoms with van der Waals surface area (Å²) in [6, 6.07) is 67.8. The minimum Gasteiger partial charge on any atom is -0.481 e. The van der Waals surface area contributed by atoms with Crippen LogP contribution in [0.2, 0.25) is 0 Å². The van der Waals surface area contributed by atoms with E-state index in [4.69, 9.17) is 64.2 Å². The van der Waals surface area contributed by atoms with E-state index in [-0.39, 0.29) is 85.6 Å². The standard InChI is InChI=1S/C19H19NO4.C19H17NO2.C11H13NO3.3C7H7NO.2C5H9N3.2C4H8O2.C2H4O2.CH3I/c1-2-23-18(21)11-20-19(22)24-12-17-15-9-5-3-7-13(15)14-8-4-6-10-16(14)17;1-2-3-12-20-19(21)22-13-18-16-10-6-4-8-14(16)15-9-5-7-11-17(15)18;1-2-15-10(13)8-12-11(14)9-6-4-3-5-7-9;3*8-7(9)6-4-2-1-3-5-6;2*1-2-3-4-8-5(6)7;2*1-3-6-4(2)5;1-2(3)4;1-2/h3-10,17H,2,11-12H2,1H3,(H,20,22);4-11,18H,12-13H2,1H3,(H,20,21);3-7H,2,8H2,1H3,(H,12,14);3*1-5H,(H2,8,9);2*4H2,1H3,(H4,6,7,8);2*3H2,1-2H3;1H3,(H,3,4);1H3. The van der Waals surface area contributed by atoms with Crippen LogP contribution in [0, 0.1) is 35.5 Å². The molecule has 8 aromatic carbocycles. The molecule has 0 unspecified atom stereocenters. The van der Waals surface area contributed by atoms with Gasteiger partial charge < -0.3 is 89.6 Å². The summed E-state index contributed by atoms with van der Waals surface area (Å²) < 4.78 is 28.9. The molecule has 2 aliphatic rings. The van der Waals surface area contributed by atoms with Crippen LogP contribution in [-0.2, 0) is 52.4 Å². The third-order valence-electron chi connectivity index (χ3n) is 14.5. The number of rotatable bonds is 19. The first-order valence-corrected chi connectivity index (χ1v) is 39.6. The monoisotopic (exact) mass is 1790 g/mol. The summed E-state index contributed by atoms with van der Waals surface area (Å²) in [5, 5.41) is 14.9. The van der Waals surface area contributed by atoms with E-state index in [9.17, 15) is 47.9 Å². The Labute approximate surface area is 727 Å². The number of esters is 4. The number of nitrogens with zero attached hydrogens (tertiary/aromatic N) is 2. The number of aliphatic imine (C=N–C) groups is 2. The lowest BCUT2D eigenvalue weighted by molar-refractivity contribution is -0.142. The molecule has 122 heavy (non-hydrogen) atoms. The lowest BCUT2D eigenvalue weighted by atomic mass is 9.98. The van der Waals surface area contributed by atoms with Crippen molar-refractivity contribution in [2.75, 3.05) is 77.3 Å². The highest BCUT2D eigenvalue weighted by molar-refractivity contribution is 14.1. The molecule has 8 aromatic rings. The van der Waals surface area contributed by atoms with Crippen LogP contribution in [0.3, 0.4) is 0 Å². The molecule has 0 spiro atoms. The van der Waals surface area contributed by atoms with E-state index in [2.05, 4.69) is 147 Å². The predicted octanol–water partition coefficient (Wildman–Crippen LogP) is 10.8. The fraction of sp³-hybridized carbons (Fsp3) is 0.264. The average Bonchev–Trinajstić information content (AvgIpc) is 1.62. The van der Waals surface area contributed by atoms with Gasteiger partial charge in [0.05, 0.1) is 33.0 Å². The lowest BCUT2D eigenvalue weighted by Gasteiger charge is -2.14. The third-order valence-corrected chi connectivity index (χ3v) is 14.5. The molecule has 30 nitrogen and oxygen atoms in total. The van der Waals surface area contributed by atoms with Gasteiger partial charge in [-0.2, -0.15) is 0 Å². The zero-order valence-electron chi connectivity index (χ0n) is 70.4. The van der Waals surface area contributed by atoms with E-state index in [1.54, 1.807) is 146 Å². The normalized spacial score (nSPS) is 9.54. The highest BCUT2D eigenvalue weighted by atomic mass is 127. The number of nitrogens with one attached hydrogen (secondary N) is 3. The molecule has 2 aliphatic carbocycles. The summed E-state index contributed by atoms with van der Waals surface area (Å²) in [7, 11) is 0. The molecule has 0 bridgehead atoms. The van der Waals surface area contributed by atoms with Crippen LogP contribution in [0.1, 0.15) is 145 Å². The summed E-state index contributed by atoms with van der Waals surface area (Å²) in [6.45, 7) is 19.0. The molecule has 650 valence electrons. The number of hydrogen-bond acceptors (Lipinski definition) is 19. The number of ether oxygens (including phenoxy) is 6. The van der Waals surface area contributed by atoms with E-state index in [0.29, 0.717) is 68.3 Å². The van der Waals surface area contributed by atoms with Crippen molar-refractivity contribution in [1.29, 1.82) is 0 Å². The molecule has 0 aliphatic heterocycles. The first-order valence-electron chi connectivity index (χ1n) is 37.5. The molecule has 6 amide bonds. The van der Waals surface area contributed by atoms with Gasteiger partial charge in [0.15, 0.2) is 11.9 Å². The van der Waals surface area contributed by atoms with Crippen molar-refractivity contribution in [3.8, 4) is 57.8 Å². The summed E-state index contributed by atoms with van der Waals surface area (Å²) in [6.07, 6.45) is -1.05. The van der Waals surface area contributed by atoms with Gasteiger partial charge in [0.1, 0.15) is 39.4 Å². The summed E-state index contributed by atoms with van der Waals surface area (Å²) in [5.74, 6) is 12.9. The van der Waals surface area contributed by atoms with Crippen molar-refractivity contribution in [3.63, 3.8) is 0 Å². The van der Waals surface area contributed by atoms with Crippen LogP contribution >= 0.6 is 22.6 Å². The maximum atomic E-state index is 11.8. The number of carboxylic acids is 1. The Bertz CT molecular complexity index is 4460. The zero-order valence-corrected chi connectivity index (χ0v) is 72.6. The van der Waals surface area contributed by atoms with Crippen LogP contribution in [0.4, 0.5) is 9.59 Å². The molecule has 0 fully saturated rings. The topological polar surface area (TPSA) is 506 Å². The number of nitrogens with two attached hydrogens (primary N) is 7. The molecular weight excluding hydrogens is 1680 g/mol. The number of amides is 6. The molecule has 0 aromatic heterocycles. The average molecular weight is 1790 g/mol. The number of benzene rings is 8. The second kappa shape index (κ2) is 69.6. The Morgan fingerprint density at radius 1 is 0.361 bits per heavy atom. The van der Waals surface area contributed by atoms with Gasteiger partial charge in [0.2, 0.25) is 17.7 Å². The maximum absolute atomic E-state index is 11.8. The van der Waals surface area contributed by atoms with E-state index in [1.807, 2.05) is 77.7 Å². The number of alkyl halides is 1. The number of guanidine groups is 2. The van der Waals surface area contributed by atoms with Gasteiger partial charge in [-0.05, 0) is 146 Å². The molecule has 0 saturated carbocycles. The Balaban J connectivity index is 0. The number of fused-ring (bicyclic) bond motifs is 6. The lowest BCUT2D eigenvalue weighted by Crippen LogP contribution is -2.32. The Morgan fingerprint density at radius 3 is 0.852 bits per heavy atom. The fourth-order valence-corrected chi connectivity index (χ4v) is 9.55. The number of halogens is 1. The predicted molar refractivity (Wildman–Crippen MR) is 483 cm³/mol. The number of alkyl carbamates (subject to hydrolysis) is 2. The number of primary amides is 3. The summed E-state index contributed by atoms with van der Waals surface area (Å²) >= 11 is 2.15. The quantitative estimate of drug-likeness (QED) is 0.00681. The first kappa shape index (κ1) is 110. The van der Waals surface area contributed by atoms with E-state index in [1.165, 1.54) is 47.2 Å². The van der Waals surface area contributed by atoms with Gasteiger partial charge in [0.25, 0.3) is 11.9 Å². The van der Waals surface area contributed by atoms with E-state index >= 15 is 0 Å². The molecule has 0 atom stereocenters. The molecule has 0 heterocycles. The van der Waals surface area contributed by atoms with Crippen LogP contribution in [0.5, 0.6) is 0 Å². The minimum absolute atomic E-state index is 0.00532. The molecule has 31 heteroatoms. The van der Waals surface area contributed by atoms with Crippen molar-refractivity contribution >= 4 is 100 Å². The second-order valence-corrected chi connectivity index (χ2v) is 23.3. The number of aliphatic carboxylic acids is 1. The van der Waals surface area contributed by atoms with Crippen LogP contribution < -0.4 is 56.1 Å². The van der Waals surface area contributed by atoms with E-state index < -0.39 is 30.1 Å². The molecule has 0 radical (unpaired) electrons. The van der Waals surface area contributed by atoms with Crippen molar-refractivity contribution in [2.24, 2.45) is 50.1 Å². The largest absolute Gasteiger partial charge is 0.481 e. The highest BCUT2D eigenvalue weighted by Crippen LogP contribution is 2.45. The van der Waals surface area contributed by atoms with Crippen molar-refractivity contribution in [2.45, 2.75) is 81.1 Å². The van der Waals surface area contributed by atoms with Gasteiger partial charge in [-0.25, -0.2) is 19.6 Å². The molecular formula is C91H111IN12O18. The molecule has 0 saturated heterocycles. The fourth-order valence-electron chi connectivity index (χ4n) is 9.55. The van der Waals surface area contributed by atoms with E-state index in [0.717, 1.165) is 18.1 Å². The zero-order chi connectivity index (χ0) is 91.8. The molecule has 10 rings (SSSR count). The van der Waals surface area contributed by atoms with Crippen LogP contribution in [0.15, 0.2) is 228 Å². The third kappa shape index (κ3) is 52.2. The Hall–Kier alpha value is -14.5. The SMILES string of the molecule is CC#CCN=C(N)N.CC#CCN=C(N)N.CC#CCNC(=O)OCC1c2ccccc2-c2ccccc21.CC(=O)O.CCOC(=O)CNC(=O)OCC1c2ccccc2-c2ccccc21.CCOC(=O)CNC(=O)c1ccccc1.CCOC(C)=O.CCOC(C)=O.CI.NC(=O)c1ccccc1.NC(=O)c1ccccc1.NC(=O)c1ccccc1. The number of carboxylic acid groups (broad SMARTS) is 1. The Kier molecular flexibility index (Phi) is 62.5. The van der Waals surface area contributed by atoms with Crippen LogP contribution in [-0.4, -0.2) is 160 Å². The van der Waals surface area contributed by atoms with Crippen molar-refractivity contribution in [1.82, 2.24) is 16.0 Å².